The van der Waals surface area contributed by atoms with Gasteiger partial charge in [0.1, 0.15) is 17.8 Å². The molecule has 2 aliphatic heterocycles. The minimum absolute atomic E-state index is 0.00361. The van der Waals surface area contributed by atoms with Crippen molar-refractivity contribution in [1.29, 1.82) is 0 Å². The highest BCUT2D eigenvalue weighted by atomic mass is 16.6. The van der Waals surface area contributed by atoms with Crippen LogP contribution in [-0.4, -0.2) is 86.2 Å². The molecule has 9 nitrogen and oxygen atoms in total. The Labute approximate surface area is 237 Å². The molecule has 2 heterocycles. The number of esters is 2. The highest BCUT2D eigenvalue weighted by Crippen LogP contribution is 2.60. The van der Waals surface area contributed by atoms with Gasteiger partial charge in [-0.3, -0.25) is 0 Å². The summed E-state index contributed by atoms with van der Waals surface area (Å²) >= 11 is 0. The molecule has 1 saturated carbocycles. The number of cyclic esters (lactones) is 1. The second kappa shape index (κ2) is 13.3. The van der Waals surface area contributed by atoms with Crippen LogP contribution in [0.15, 0.2) is 36.0 Å². The Balaban J connectivity index is 1.57. The predicted octanol–water partition coefficient (Wildman–Crippen LogP) is 3.83. The van der Waals surface area contributed by atoms with Crippen molar-refractivity contribution in [2.45, 2.75) is 108 Å². The second-order valence-electron chi connectivity index (χ2n) is 12.0. The summed E-state index contributed by atoms with van der Waals surface area (Å²) in [4.78, 5) is 25.9. The number of carbonyl (C=O) groups excluding carboxylic acids is 2. The largest absolute Gasteiger partial charge is 0.464 e. The third-order valence-corrected chi connectivity index (χ3v) is 9.08. The minimum Gasteiger partial charge on any atom is -0.464 e. The van der Waals surface area contributed by atoms with E-state index in [1.165, 1.54) is 18.8 Å². The molecule has 0 aromatic heterocycles. The van der Waals surface area contributed by atoms with Gasteiger partial charge in [-0.05, 0) is 51.9 Å². The first-order valence-corrected chi connectivity index (χ1v) is 14.6. The Bertz CT molecular complexity index is 981. The van der Waals surface area contributed by atoms with E-state index in [1.54, 1.807) is 25.2 Å². The zero-order valence-electron chi connectivity index (χ0n) is 24.5. The fraction of sp³-hybridized carbons (Fsp3) is 0.742. The molecule has 40 heavy (non-hydrogen) atoms. The van der Waals surface area contributed by atoms with Crippen molar-refractivity contribution in [3.05, 3.63) is 36.0 Å². The number of rotatable bonds is 4. The topological polar surface area (TPSA) is 113 Å². The quantitative estimate of drug-likeness (QED) is 0.310. The number of aliphatic hydroxyl groups is 1. The molecule has 9 heteroatoms. The Kier molecular flexibility index (Phi) is 10.3. The molecule has 1 spiro atoms. The van der Waals surface area contributed by atoms with Crippen molar-refractivity contribution in [2.75, 3.05) is 26.9 Å². The molecule has 0 aromatic rings. The van der Waals surface area contributed by atoms with Gasteiger partial charge in [-0.15, -0.1) is 0 Å². The highest BCUT2D eigenvalue weighted by molar-refractivity contribution is 5.82. The van der Waals surface area contributed by atoms with Crippen LogP contribution in [0.1, 0.15) is 66.2 Å². The van der Waals surface area contributed by atoms with Crippen molar-refractivity contribution < 1.29 is 43.1 Å². The van der Waals surface area contributed by atoms with Crippen molar-refractivity contribution in [2.24, 2.45) is 11.3 Å². The molecule has 9 atom stereocenters. The number of hydrogen-bond acceptors (Lipinski definition) is 9. The second-order valence-corrected chi connectivity index (χ2v) is 12.0. The summed E-state index contributed by atoms with van der Waals surface area (Å²) in [6, 6.07) is 0. The first-order valence-electron chi connectivity index (χ1n) is 14.6. The lowest BCUT2D eigenvalue weighted by Crippen LogP contribution is -2.45. The maximum absolute atomic E-state index is 13.0. The number of epoxide rings is 1. The molecule has 4 rings (SSSR count). The van der Waals surface area contributed by atoms with E-state index in [1.807, 2.05) is 13.8 Å². The molecule has 1 N–H and O–H groups in total. The highest BCUT2D eigenvalue weighted by Gasteiger charge is 2.72. The number of fused-ring (bicyclic) bond motifs is 2. The number of aliphatic hydroxyl groups excluding tert-OH is 1. The van der Waals surface area contributed by atoms with E-state index in [0.717, 1.165) is 19.3 Å². The summed E-state index contributed by atoms with van der Waals surface area (Å²) in [5, 5.41) is 10.1. The summed E-state index contributed by atoms with van der Waals surface area (Å²) in [5.41, 5.74) is 0.101. The van der Waals surface area contributed by atoms with Crippen LogP contribution in [0.2, 0.25) is 0 Å². The van der Waals surface area contributed by atoms with Gasteiger partial charge in [0, 0.05) is 31.6 Å². The maximum atomic E-state index is 13.0. The first kappa shape index (κ1) is 30.9. The van der Waals surface area contributed by atoms with E-state index in [-0.39, 0.29) is 24.7 Å². The fourth-order valence-corrected chi connectivity index (χ4v) is 6.37. The van der Waals surface area contributed by atoms with Crippen LogP contribution in [0.25, 0.3) is 0 Å². The van der Waals surface area contributed by atoms with Crippen LogP contribution in [0.4, 0.5) is 0 Å². The lowest BCUT2D eigenvalue weighted by Gasteiger charge is -2.35. The Morgan fingerprint density at radius 3 is 2.62 bits per heavy atom. The molecule has 224 valence electrons. The molecule has 0 aromatic carbocycles. The number of allylic oxidation sites excluding steroid dienone is 3. The minimum atomic E-state index is -0.755. The van der Waals surface area contributed by atoms with E-state index >= 15 is 0 Å². The molecule has 4 aliphatic rings. The molecule has 0 amide bonds. The van der Waals surface area contributed by atoms with Crippen LogP contribution in [-0.2, 0) is 38.0 Å². The molecule has 2 fully saturated rings. The van der Waals surface area contributed by atoms with E-state index in [2.05, 4.69) is 13.0 Å². The van der Waals surface area contributed by atoms with Gasteiger partial charge < -0.3 is 33.5 Å². The standard InChI is InChI=1S/C31H46O9/c1-20-9-8-10-23(17-20)39-26-18-25-30(4,31(26)19-38-31)14-16-37-29(34)28(35-5)21(2)13-15-36-24(22(3)32)11-6-7-12-27(33)40-25/h6-7,11-12,17,21-26,28,32H,8-10,13-16,18-19H2,1-5H3/b11-6+,12-7-/t21?,22?,23?,24?,25?,26?,28?,30?,31-/m1/s1. The maximum Gasteiger partial charge on any atom is 0.335 e. The van der Waals surface area contributed by atoms with Crippen molar-refractivity contribution in [3.8, 4) is 0 Å². The van der Waals surface area contributed by atoms with Gasteiger partial charge in [0.05, 0.1) is 31.5 Å². The molecule has 1 saturated heterocycles. The zero-order valence-corrected chi connectivity index (χ0v) is 24.5. The third kappa shape index (κ3) is 6.87. The van der Waals surface area contributed by atoms with E-state index in [4.69, 9.17) is 28.4 Å². The number of methoxy groups -OCH3 is 1. The predicted molar refractivity (Wildman–Crippen MR) is 147 cm³/mol. The van der Waals surface area contributed by atoms with Gasteiger partial charge in [-0.1, -0.05) is 43.7 Å². The lowest BCUT2D eigenvalue weighted by molar-refractivity contribution is -0.162. The average molecular weight is 563 g/mol. The SMILES string of the molecule is COC1C(=O)OCCC2(C)C(CC(OC3C=C(C)CCC3)[C@]23CO3)OC(=O)/C=C\C=C\C(C(C)O)OCCC1C. The molecule has 2 aliphatic carbocycles. The number of hydrogen-bond donors (Lipinski definition) is 1. The third-order valence-electron chi connectivity index (χ3n) is 9.08. The van der Waals surface area contributed by atoms with Gasteiger partial charge in [0.2, 0.25) is 0 Å². The summed E-state index contributed by atoms with van der Waals surface area (Å²) in [7, 11) is 1.49. The van der Waals surface area contributed by atoms with Gasteiger partial charge in [0.15, 0.2) is 6.10 Å². The Hall–Kier alpha value is -2.04. The van der Waals surface area contributed by atoms with Gasteiger partial charge in [-0.25, -0.2) is 9.59 Å². The fourth-order valence-electron chi connectivity index (χ4n) is 6.37. The van der Waals surface area contributed by atoms with Crippen LogP contribution in [0.3, 0.4) is 0 Å². The van der Waals surface area contributed by atoms with E-state index < -0.39 is 47.4 Å². The van der Waals surface area contributed by atoms with Gasteiger partial charge in [-0.2, -0.15) is 0 Å². The van der Waals surface area contributed by atoms with Crippen molar-refractivity contribution >= 4 is 11.9 Å². The number of ether oxygens (including phenoxy) is 6. The zero-order chi connectivity index (χ0) is 28.9. The van der Waals surface area contributed by atoms with Crippen LogP contribution < -0.4 is 0 Å². The molecular weight excluding hydrogens is 516 g/mol. The van der Waals surface area contributed by atoms with Crippen molar-refractivity contribution in [3.63, 3.8) is 0 Å². The molecule has 0 bridgehead atoms. The lowest BCUT2D eigenvalue weighted by atomic mass is 9.75. The summed E-state index contributed by atoms with van der Waals surface area (Å²) in [6.07, 6.45) is 10.3. The molecular formula is C31H46O9. The first-order chi connectivity index (χ1) is 19.1. The Morgan fingerprint density at radius 1 is 1.18 bits per heavy atom. The van der Waals surface area contributed by atoms with Gasteiger partial charge >= 0.3 is 11.9 Å². The Morgan fingerprint density at radius 2 is 1.95 bits per heavy atom. The van der Waals surface area contributed by atoms with Crippen LogP contribution in [0, 0.1) is 11.3 Å². The average Bonchev–Trinajstić information content (AvgIpc) is 3.68. The van der Waals surface area contributed by atoms with Crippen molar-refractivity contribution in [1.82, 2.24) is 0 Å². The molecule has 0 radical (unpaired) electrons. The summed E-state index contributed by atoms with van der Waals surface area (Å²) < 4.78 is 35.8. The summed E-state index contributed by atoms with van der Waals surface area (Å²) in [5.74, 6) is -1.08. The monoisotopic (exact) mass is 562 g/mol. The van der Waals surface area contributed by atoms with E-state index in [0.29, 0.717) is 32.5 Å². The van der Waals surface area contributed by atoms with E-state index in [9.17, 15) is 14.7 Å². The smallest absolute Gasteiger partial charge is 0.335 e. The van der Waals surface area contributed by atoms with Gasteiger partial charge in [0.25, 0.3) is 0 Å². The van der Waals surface area contributed by atoms with Crippen LogP contribution in [0.5, 0.6) is 0 Å². The molecule has 8 unspecified atom stereocenters. The van der Waals surface area contributed by atoms with Crippen LogP contribution >= 0.6 is 0 Å². The normalized spacial score (nSPS) is 42.0. The number of carbonyl (C=O) groups is 2. The summed E-state index contributed by atoms with van der Waals surface area (Å²) in [6.45, 7) is 8.67.